The first-order valence-electron chi connectivity index (χ1n) is 9.84. The maximum absolute atomic E-state index is 13.1. The number of aryl methyl sites for hydroxylation is 1. The molecule has 12 nitrogen and oxygen atoms in total. The Balaban J connectivity index is 2.04. The SMILES string of the molecule is CCCc1nn(NC(=O)O)c(C(=O)NNC(=O)c2ccccc2)c1-c1cccc([N+](=O)[O-])c1. The highest BCUT2D eigenvalue weighted by Crippen LogP contribution is 2.31. The molecule has 3 amide bonds. The summed E-state index contributed by atoms with van der Waals surface area (Å²) in [7, 11) is 0. The van der Waals surface area contributed by atoms with Crippen LogP contribution >= 0.6 is 0 Å². The summed E-state index contributed by atoms with van der Waals surface area (Å²) in [5.41, 5.74) is 7.23. The molecule has 0 aliphatic rings. The van der Waals surface area contributed by atoms with Crippen molar-refractivity contribution in [3.8, 4) is 11.1 Å². The van der Waals surface area contributed by atoms with Crippen LogP contribution in [-0.4, -0.2) is 37.8 Å². The molecule has 1 heterocycles. The van der Waals surface area contributed by atoms with Gasteiger partial charge in [0.05, 0.1) is 10.6 Å². The van der Waals surface area contributed by atoms with Gasteiger partial charge in [0.1, 0.15) is 0 Å². The second kappa shape index (κ2) is 10.0. The third-order valence-electron chi connectivity index (χ3n) is 4.53. The van der Waals surface area contributed by atoms with Crippen LogP contribution < -0.4 is 16.3 Å². The van der Waals surface area contributed by atoms with Gasteiger partial charge in [0.15, 0.2) is 5.69 Å². The Morgan fingerprint density at radius 1 is 1.06 bits per heavy atom. The number of carboxylic acid groups (broad SMARTS) is 1. The lowest BCUT2D eigenvalue weighted by molar-refractivity contribution is -0.384. The van der Waals surface area contributed by atoms with Gasteiger partial charge in [-0.1, -0.05) is 43.7 Å². The van der Waals surface area contributed by atoms with Crippen molar-refractivity contribution in [3.63, 3.8) is 0 Å². The quantitative estimate of drug-likeness (QED) is 0.315. The number of hydrogen-bond acceptors (Lipinski definition) is 6. The van der Waals surface area contributed by atoms with Crippen molar-refractivity contribution in [3.05, 3.63) is 81.7 Å². The molecular weight excluding hydrogens is 432 g/mol. The first-order chi connectivity index (χ1) is 15.8. The number of carbonyl (C=O) groups is 3. The van der Waals surface area contributed by atoms with Crippen molar-refractivity contribution in [2.24, 2.45) is 0 Å². The van der Waals surface area contributed by atoms with E-state index in [9.17, 15) is 29.6 Å². The zero-order valence-corrected chi connectivity index (χ0v) is 17.4. The van der Waals surface area contributed by atoms with Crippen LogP contribution in [0, 0.1) is 10.1 Å². The lowest BCUT2D eigenvalue weighted by atomic mass is 10.00. The molecular formula is C21H20N6O6. The van der Waals surface area contributed by atoms with Gasteiger partial charge in [-0.2, -0.15) is 9.89 Å². The summed E-state index contributed by atoms with van der Waals surface area (Å²) in [4.78, 5) is 48.1. The summed E-state index contributed by atoms with van der Waals surface area (Å²) >= 11 is 0. The molecule has 0 fully saturated rings. The Labute approximate surface area is 187 Å². The van der Waals surface area contributed by atoms with Gasteiger partial charge >= 0.3 is 6.09 Å². The summed E-state index contributed by atoms with van der Waals surface area (Å²) in [6.07, 6.45) is -0.505. The number of hydrazine groups is 1. The maximum atomic E-state index is 13.1. The summed E-state index contributed by atoms with van der Waals surface area (Å²) in [5, 5.41) is 24.6. The summed E-state index contributed by atoms with van der Waals surface area (Å²) in [6, 6.07) is 13.7. The molecule has 0 radical (unpaired) electrons. The summed E-state index contributed by atoms with van der Waals surface area (Å²) in [5.74, 6) is -1.46. The number of amides is 3. The van der Waals surface area contributed by atoms with Crippen molar-refractivity contribution in [2.75, 3.05) is 5.43 Å². The largest absolute Gasteiger partial charge is 0.464 e. The standard InChI is InChI=1S/C21H20N6O6/c1-2-7-16-17(14-10-6-11-15(12-14)27(32)33)18(26(24-16)25-21(30)31)20(29)23-22-19(28)13-8-4-3-5-9-13/h3-6,8-12,25H,2,7H2,1H3,(H,22,28)(H,23,29)(H,30,31). The number of nitrogens with one attached hydrogen (secondary N) is 3. The molecule has 3 aromatic rings. The van der Waals surface area contributed by atoms with Crippen LogP contribution in [0.15, 0.2) is 54.6 Å². The number of carbonyl (C=O) groups excluding carboxylic acids is 2. The van der Waals surface area contributed by atoms with Crippen molar-refractivity contribution in [1.82, 2.24) is 20.7 Å². The Morgan fingerprint density at radius 2 is 1.76 bits per heavy atom. The van der Waals surface area contributed by atoms with E-state index < -0.39 is 22.8 Å². The van der Waals surface area contributed by atoms with E-state index in [1.165, 1.54) is 18.2 Å². The van der Waals surface area contributed by atoms with E-state index >= 15 is 0 Å². The molecule has 4 N–H and O–H groups in total. The van der Waals surface area contributed by atoms with Crippen molar-refractivity contribution in [2.45, 2.75) is 19.8 Å². The van der Waals surface area contributed by atoms with Gasteiger partial charge in [-0.25, -0.2) is 10.2 Å². The number of aromatic nitrogens is 2. The molecule has 0 atom stereocenters. The zero-order chi connectivity index (χ0) is 24.0. The first-order valence-corrected chi connectivity index (χ1v) is 9.84. The molecule has 170 valence electrons. The molecule has 0 saturated heterocycles. The molecule has 3 rings (SSSR count). The van der Waals surface area contributed by atoms with E-state index in [2.05, 4.69) is 16.0 Å². The number of hydrogen-bond donors (Lipinski definition) is 4. The van der Waals surface area contributed by atoms with Crippen molar-refractivity contribution < 1.29 is 24.4 Å². The van der Waals surface area contributed by atoms with Gasteiger partial charge in [-0.05, 0) is 24.1 Å². The first kappa shape index (κ1) is 22.9. The lowest BCUT2D eigenvalue weighted by Gasteiger charge is -2.11. The average molecular weight is 452 g/mol. The molecule has 0 unspecified atom stereocenters. The Morgan fingerprint density at radius 3 is 2.39 bits per heavy atom. The van der Waals surface area contributed by atoms with Gasteiger partial charge in [-0.15, -0.1) is 0 Å². The number of benzene rings is 2. The number of nitro benzene ring substituents is 1. The Hall–Kier alpha value is -4.74. The lowest BCUT2D eigenvalue weighted by Crippen LogP contribution is -2.43. The second-order valence-electron chi connectivity index (χ2n) is 6.83. The fourth-order valence-electron chi connectivity index (χ4n) is 3.17. The number of rotatable bonds is 7. The molecule has 0 bridgehead atoms. The van der Waals surface area contributed by atoms with Crippen LogP contribution in [-0.2, 0) is 6.42 Å². The molecule has 0 saturated carbocycles. The van der Waals surface area contributed by atoms with Gasteiger partial charge in [0, 0.05) is 23.3 Å². The molecule has 33 heavy (non-hydrogen) atoms. The minimum atomic E-state index is -1.48. The summed E-state index contributed by atoms with van der Waals surface area (Å²) < 4.78 is 0. The molecule has 0 aliphatic heterocycles. The Bertz CT molecular complexity index is 1210. The van der Waals surface area contributed by atoms with E-state index in [0.717, 1.165) is 4.79 Å². The third-order valence-corrected chi connectivity index (χ3v) is 4.53. The highest BCUT2D eigenvalue weighted by molar-refractivity contribution is 6.03. The van der Waals surface area contributed by atoms with Gasteiger partial charge in [-0.3, -0.25) is 30.6 Å². The monoisotopic (exact) mass is 452 g/mol. The van der Waals surface area contributed by atoms with E-state index in [1.54, 1.807) is 36.4 Å². The summed E-state index contributed by atoms with van der Waals surface area (Å²) in [6.45, 7) is 1.86. The van der Waals surface area contributed by atoms with Crippen molar-refractivity contribution in [1.29, 1.82) is 0 Å². The number of nitro groups is 1. The topological polar surface area (TPSA) is 168 Å². The highest BCUT2D eigenvalue weighted by atomic mass is 16.6. The van der Waals surface area contributed by atoms with Crippen LogP contribution in [0.25, 0.3) is 11.1 Å². The predicted octanol–water partition coefficient (Wildman–Crippen LogP) is 2.71. The van der Waals surface area contributed by atoms with Crippen LogP contribution in [0.5, 0.6) is 0 Å². The Kier molecular flexibility index (Phi) is 6.98. The minimum Gasteiger partial charge on any atom is -0.464 e. The van der Waals surface area contributed by atoms with Gasteiger partial charge in [0.25, 0.3) is 17.5 Å². The zero-order valence-electron chi connectivity index (χ0n) is 17.4. The normalized spacial score (nSPS) is 10.3. The van der Waals surface area contributed by atoms with E-state index in [1.807, 2.05) is 12.3 Å². The maximum Gasteiger partial charge on any atom is 0.425 e. The molecule has 0 spiro atoms. The second-order valence-corrected chi connectivity index (χ2v) is 6.83. The fourth-order valence-corrected chi connectivity index (χ4v) is 3.17. The number of non-ortho nitro benzene ring substituents is 1. The van der Waals surface area contributed by atoms with E-state index in [-0.39, 0.29) is 16.9 Å². The predicted molar refractivity (Wildman–Crippen MR) is 117 cm³/mol. The minimum absolute atomic E-state index is 0.209. The van der Waals surface area contributed by atoms with Crippen LogP contribution in [0.3, 0.4) is 0 Å². The average Bonchev–Trinajstić information content (AvgIpc) is 3.15. The van der Waals surface area contributed by atoms with Crippen LogP contribution in [0.2, 0.25) is 0 Å². The molecule has 1 aromatic heterocycles. The van der Waals surface area contributed by atoms with E-state index in [0.29, 0.717) is 29.7 Å². The number of nitrogens with zero attached hydrogens (tertiary/aromatic N) is 3. The highest BCUT2D eigenvalue weighted by Gasteiger charge is 2.27. The molecule has 12 heteroatoms. The van der Waals surface area contributed by atoms with Crippen molar-refractivity contribution >= 4 is 23.6 Å². The molecule has 0 aliphatic carbocycles. The van der Waals surface area contributed by atoms with Crippen LogP contribution in [0.4, 0.5) is 10.5 Å². The smallest absolute Gasteiger partial charge is 0.425 e. The van der Waals surface area contributed by atoms with E-state index in [4.69, 9.17) is 0 Å². The fraction of sp³-hybridized carbons (Fsp3) is 0.143. The van der Waals surface area contributed by atoms with Crippen LogP contribution in [0.1, 0.15) is 39.9 Å². The molecule has 2 aromatic carbocycles. The third kappa shape index (κ3) is 5.31. The van der Waals surface area contributed by atoms with Gasteiger partial charge in [0.2, 0.25) is 0 Å². The van der Waals surface area contributed by atoms with Gasteiger partial charge < -0.3 is 5.11 Å².